The first-order valence-electron chi connectivity index (χ1n) is 6.53. The third-order valence-electron chi connectivity index (χ3n) is 3.49. The zero-order valence-electron chi connectivity index (χ0n) is 12.5. The molecule has 1 unspecified atom stereocenters. The van der Waals surface area contributed by atoms with E-state index in [9.17, 15) is 0 Å². The van der Waals surface area contributed by atoms with E-state index >= 15 is 0 Å². The second-order valence-corrected chi connectivity index (χ2v) is 5.87. The maximum absolute atomic E-state index is 5.29. The molecule has 108 valence electrons. The fourth-order valence-electron chi connectivity index (χ4n) is 2.50. The lowest BCUT2D eigenvalue weighted by atomic mass is 10.1. The van der Waals surface area contributed by atoms with E-state index in [-0.39, 0.29) is 6.04 Å². The van der Waals surface area contributed by atoms with Crippen molar-refractivity contribution >= 4 is 21.6 Å². The van der Waals surface area contributed by atoms with Crippen LogP contribution in [0.4, 0.5) is 5.69 Å². The van der Waals surface area contributed by atoms with Gasteiger partial charge in [-0.05, 0) is 32.9 Å². The normalized spacial score (nSPS) is 12.3. The third kappa shape index (κ3) is 2.98. The molecule has 0 aliphatic carbocycles. The van der Waals surface area contributed by atoms with E-state index < -0.39 is 0 Å². The van der Waals surface area contributed by atoms with Crippen molar-refractivity contribution in [3.8, 4) is 5.75 Å². The Morgan fingerprint density at radius 2 is 2.00 bits per heavy atom. The highest BCUT2D eigenvalue weighted by Crippen LogP contribution is 2.29. The number of ether oxygens (including phenoxy) is 1. The molecule has 0 fully saturated rings. The summed E-state index contributed by atoms with van der Waals surface area (Å²) < 4.78 is 8.20. The van der Waals surface area contributed by atoms with E-state index in [2.05, 4.69) is 40.2 Å². The van der Waals surface area contributed by atoms with Gasteiger partial charge in [-0.15, -0.1) is 0 Å². The number of methoxy groups -OCH3 is 1. The number of halogens is 1. The van der Waals surface area contributed by atoms with Crippen molar-refractivity contribution in [1.29, 1.82) is 0 Å². The second kappa shape index (κ2) is 5.87. The molecule has 4 nitrogen and oxygen atoms in total. The van der Waals surface area contributed by atoms with Crippen LogP contribution in [0.25, 0.3) is 0 Å². The summed E-state index contributed by atoms with van der Waals surface area (Å²) in [5.41, 5.74) is 4.51. The number of nitrogens with zero attached hydrogens (tertiary/aromatic N) is 2. The van der Waals surface area contributed by atoms with Crippen molar-refractivity contribution in [3.05, 3.63) is 39.6 Å². The van der Waals surface area contributed by atoms with Gasteiger partial charge in [-0.25, -0.2) is 0 Å². The molecule has 0 aliphatic heterocycles. The molecule has 2 aromatic rings. The summed E-state index contributed by atoms with van der Waals surface area (Å²) >= 11 is 3.50. The van der Waals surface area contributed by atoms with Crippen LogP contribution in [0.1, 0.15) is 29.9 Å². The van der Waals surface area contributed by atoms with Crippen molar-refractivity contribution in [2.24, 2.45) is 7.05 Å². The lowest BCUT2D eigenvalue weighted by molar-refractivity contribution is 0.414. The zero-order valence-corrected chi connectivity index (χ0v) is 14.1. The van der Waals surface area contributed by atoms with Crippen LogP contribution < -0.4 is 10.1 Å². The van der Waals surface area contributed by atoms with Gasteiger partial charge in [-0.1, -0.05) is 15.9 Å². The Balaban J connectivity index is 2.27. The molecule has 1 aromatic carbocycles. The lowest BCUT2D eigenvalue weighted by Crippen LogP contribution is -2.09. The van der Waals surface area contributed by atoms with Crippen LogP contribution in [0, 0.1) is 13.8 Å². The number of anilines is 1. The predicted octanol–water partition coefficient (Wildman–Crippen LogP) is 3.98. The van der Waals surface area contributed by atoms with Gasteiger partial charge in [0, 0.05) is 34.5 Å². The molecule has 0 saturated heterocycles. The van der Waals surface area contributed by atoms with E-state index in [1.54, 1.807) is 7.11 Å². The van der Waals surface area contributed by atoms with Gasteiger partial charge in [0.15, 0.2) is 0 Å². The number of aryl methyl sites for hydroxylation is 2. The van der Waals surface area contributed by atoms with Gasteiger partial charge in [0.05, 0.1) is 18.8 Å². The molecule has 0 saturated carbocycles. The minimum absolute atomic E-state index is 0.183. The van der Waals surface area contributed by atoms with Crippen LogP contribution in [0.5, 0.6) is 5.75 Å². The third-order valence-corrected chi connectivity index (χ3v) is 3.95. The monoisotopic (exact) mass is 337 g/mol. The Labute approximate surface area is 128 Å². The summed E-state index contributed by atoms with van der Waals surface area (Å²) in [6, 6.07) is 6.15. The Morgan fingerprint density at radius 3 is 2.55 bits per heavy atom. The highest BCUT2D eigenvalue weighted by molar-refractivity contribution is 9.10. The largest absolute Gasteiger partial charge is 0.497 e. The van der Waals surface area contributed by atoms with E-state index in [0.29, 0.717) is 0 Å². The van der Waals surface area contributed by atoms with Gasteiger partial charge >= 0.3 is 0 Å². The van der Waals surface area contributed by atoms with Crippen molar-refractivity contribution < 1.29 is 4.74 Å². The average Bonchev–Trinajstić information content (AvgIpc) is 2.62. The Hall–Kier alpha value is -1.49. The van der Waals surface area contributed by atoms with Gasteiger partial charge in [0.25, 0.3) is 0 Å². The van der Waals surface area contributed by atoms with Gasteiger partial charge in [0.2, 0.25) is 0 Å². The van der Waals surface area contributed by atoms with Crippen LogP contribution in [-0.4, -0.2) is 16.9 Å². The minimum atomic E-state index is 0.183. The van der Waals surface area contributed by atoms with Gasteiger partial charge in [-0.3, -0.25) is 4.68 Å². The van der Waals surface area contributed by atoms with E-state index in [4.69, 9.17) is 4.74 Å². The number of hydrogen-bond donors (Lipinski definition) is 1. The van der Waals surface area contributed by atoms with E-state index in [1.807, 2.05) is 36.9 Å². The molecule has 1 atom stereocenters. The maximum Gasteiger partial charge on any atom is 0.122 e. The van der Waals surface area contributed by atoms with Gasteiger partial charge < -0.3 is 10.1 Å². The maximum atomic E-state index is 5.29. The van der Waals surface area contributed by atoms with Crippen molar-refractivity contribution in [2.75, 3.05) is 12.4 Å². The molecular formula is C15H20BrN3O. The summed E-state index contributed by atoms with van der Waals surface area (Å²) in [4.78, 5) is 0. The molecule has 5 heteroatoms. The molecule has 0 aliphatic rings. The highest BCUT2D eigenvalue weighted by Gasteiger charge is 2.16. The van der Waals surface area contributed by atoms with Crippen molar-refractivity contribution in [3.63, 3.8) is 0 Å². The molecule has 0 amide bonds. The van der Waals surface area contributed by atoms with Gasteiger partial charge in [0.1, 0.15) is 5.75 Å². The highest BCUT2D eigenvalue weighted by atomic mass is 79.9. The number of hydrogen-bond acceptors (Lipinski definition) is 3. The van der Waals surface area contributed by atoms with Crippen molar-refractivity contribution in [1.82, 2.24) is 9.78 Å². The molecule has 1 N–H and O–H groups in total. The molecule has 0 spiro atoms. The van der Waals surface area contributed by atoms with Crippen LogP contribution in [0.2, 0.25) is 0 Å². The van der Waals surface area contributed by atoms with E-state index in [0.717, 1.165) is 21.6 Å². The summed E-state index contributed by atoms with van der Waals surface area (Å²) in [5, 5.41) is 7.97. The molecular weight excluding hydrogens is 318 g/mol. The molecule has 1 heterocycles. The first-order valence-corrected chi connectivity index (χ1v) is 7.33. The SMILES string of the molecule is COc1cc(Br)cc(NC(C)c2c(C)nn(C)c2C)c1. The standard InChI is InChI=1S/C15H20BrN3O/c1-9(15-10(2)18-19(4)11(15)3)17-13-6-12(16)7-14(8-13)20-5/h6-9,17H,1-5H3. The quantitative estimate of drug-likeness (QED) is 0.916. The second-order valence-electron chi connectivity index (χ2n) is 4.95. The van der Waals surface area contributed by atoms with Crippen LogP contribution in [0.15, 0.2) is 22.7 Å². The molecule has 0 bridgehead atoms. The average molecular weight is 338 g/mol. The Morgan fingerprint density at radius 1 is 1.30 bits per heavy atom. The fraction of sp³-hybridized carbons (Fsp3) is 0.400. The smallest absolute Gasteiger partial charge is 0.122 e. The summed E-state index contributed by atoms with van der Waals surface area (Å²) in [6.45, 7) is 6.28. The van der Waals surface area contributed by atoms with Crippen LogP contribution in [-0.2, 0) is 7.05 Å². The Bertz CT molecular complexity index is 622. The fourth-order valence-corrected chi connectivity index (χ4v) is 2.97. The summed E-state index contributed by atoms with van der Waals surface area (Å²) in [7, 11) is 3.64. The summed E-state index contributed by atoms with van der Waals surface area (Å²) in [6.07, 6.45) is 0. The van der Waals surface area contributed by atoms with Crippen molar-refractivity contribution in [2.45, 2.75) is 26.8 Å². The Kier molecular flexibility index (Phi) is 4.38. The predicted molar refractivity (Wildman–Crippen MR) is 85.4 cm³/mol. The number of nitrogens with one attached hydrogen (secondary N) is 1. The summed E-state index contributed by atoms with van der Waals surface area (Å²) in [5.74, 6) is 0.828. The molecule has 0 radical (unpaired) electrons. The van der Waals surface area contributed by atoms with Crippen LogP contribution >= 0.6 is 15.9 Å². The topological polar surface area (TPSA) is 39.1 Å². The number of benzene rings is 1. The minimum Gasteiger partial charge on any atom is -0.497 e. The zero-order chi connectivity index (χ0) is 14.9. The molecule has 20 heavy (non-hydrogen) atoms. The number of aromatic nitrogens is 2. The molecule has 1 aromatic heterocycles. The molecule has 2 rings (SSSR count). The van der Waals surface area contributed by atoms with Crippen LogP contribution in [0.3, 0.4) is 0 Å². The number of rotatable bonds is 4. The van der Waals surface area contributed by atoms with E-state index in [1.165, 1.54) is 11.3 Å². The first kappa shape index (κ1) is 14.9. The van der Waals surface area contributed by atoms with Gasteiger partial charge in [-0.2, -0.15) is 5.10 Å². The lowest BCUT2D eigenvalue weighted by Gasteiger charge is -2.17. The first-order chi connectivity index (χ1) is 9.42.